The molecular formula is C30H35F3N2O5S. The largest absolute Gasteiger partial charge is 0.482 e. The SMILES string of the molecule is CCCCCC(NS(=O)(=O)c1ccc(-c2cccc(C(F)(F)F)c2)cn1)c1cccc(OCC(=O)OC(C)(C)C)c1. The Kier molecular flexibility index (Phi) is 10.5. The molecule has 0 saturated heterocycles. The van der Waals surface area contributed by atoms with E-state index in [0.717, 1.165) is 31.4 Å². The third-order valence-electron chi connectivity index (χ3n) is 5.97. The smallest absolute Gasteiger partial charge is 0.416 e. The van der Waals surface area contributed by atoms with Crippen LogP contribution in [-0.4, -0.2) is 31.6 Å². The molecule has 41 heavy (non-hydrogen) atoms. The van der Waals surface area contributed by atoms with Crippen LogP contribution in [0, 0.1) is 0 Å². The number of hydrogen-bond donors (Lipinski definition) is 1. The van der Waals surface area contributed by atoms with Crippen LogP contribution in [0.1, 0.15) is 70.5 Å². The van der Waals surface area contributed by atoms with Crippen LogP contribution >= 0.6 is 0 Å². The second kappa shape index (κ2) is 13.5. The summed E-state index contributed by atoms with van der Waals surface area (Å²) < 4.78 is 79.5. The Morgan fingerprint density at radius 2 is 1.71 bits per heavy atom. The third kappa shape index (κ3) is 9.86. The fourth-order valence-corrected chi connectivity index (χ4v) is 5.25. The molecule has 0 aliphatic heterocycles. The molecule has 0 radical (unpaired) electrons. The van der Waals surface area contributed by atoms with Crippen molar-refractivity contribution in [2.45, 2.75) is 76.2 Å². The monoisotopic (exact) mass is 592 g/mol. The molecule has 3 aromatic rings. The van der Waals surface area contributed by atoms with Crippen LogP contribution in [0.5, 0.6) is 5.75 Å². The number of hydrogen-bond acceptors (Lipinski definition) is 6. The molecule has 0 bridgehead atoms. The van der Waals surface area contributed by atoms with E-state index in [1.807, 2.05) is 6.92 Å². The Labute approximate surface area is 239 Å². The molecule has 222 valence electrons. The number of rotatable bonds is 12. The predicted molar refractivity (Wildman–Crippen MR) is 150 cm³/mol. The summed E-state index contributed by atoms with van der Waals surface area (Å²) in [5, 5.41) is -0.258. The molecule has 0 fully saturated rings. The van der Waals surface area contributed by atoms with Gasteiger partial charge in [-0.25, -0.2) is 22.9 Å². The van der Waals surface area contributed by atoms with Crippen molar-refractivity contribution in [1.29, 1.82) is 0 Å². The van der Waals surface area contributed by atoms with Gasteiger partial charge in [-0.15, -0.1) is 0 Å². The minimum Gasteiger partial charge on any atom is -0.482 e. The lowest BCUT2D eigenvalue weighted by atomic mass is 10.0. The third-order valence-corrected chi connectivity index (χ3v) is 7.35. The molecule has 0 saturated carbocycles. The summed E-state index contributed by atoms with van der Waals surface area (Å²) in [4.78, 5) is 16.1. The van der Waals surface area contributed by atoms with E-state index in [-0.39, 0.29) is 17.2 Å². The van der Waals surface area contributed by atoms with Crippen LogP contribution in [0.25, 0.3) is 11.1 Å². The molecule has 1 atom stereocenters. The van der Waals surface area contributed by atoms with Gasteiger partial charge >= 0.3 is 12.1 Å². The maximum atomic E-state index is 13.3. The average molecular weight is 593 g/mol. The lowest BCUT2D eigenvalue weighted by Gasteiger charge is -2.21. The van der Waals surface area contributed by atoms with Crippen LogP contribution in [0.2, 0.25) is 0 Å². The van der Waals surface area contributed by atoms with Crippen molar-refractivity contribution in [2.75, 3.05) is 6.61 Å². The minimum atomic E-state index is -4.50. The number of benzene rings is 2. The van der Waals surface area contributed by atoms with E-state index in [1.54, 1.807) is 45.0 Å². The Hall–Kier alpha value is -3.44. The van der Waals surface area contributed by atoms with Gasteiger partial charge in [-0.2, -0.15) is 13.2 Å². The molecule has 11 heteroatoms. The molecule has 0 aliphatic carbocycles. The number of pyridine rings is 1. The van der Waals surface area contributed by atoms with Crippen molar-refractivity contribution in [3.8, 4) is 16.9 Å². The van der Waals surface area contributed by atoms with Crippen LogP contribution in [0.4, 0.5) is 13.2 Å². The highest BCUT2D eigenvalue weighted by Crippen LogP contribution is 2.32. The molecule has 0 aliphatic rings. The second-order valence-electron chi connectivity index (χ2n) is 10.6. The number of ether oxygens (including phenoxy) is 2. The minimum absolute atomic E-state index is 0.258. The molecule has 0 amide bonds. The number of sulfonamides is 1. The first-order valence-electron chi connectivity index (χ1n) is 13.3. The van der Waals surface area contributed by atoms with Gasteiger partial charge in [0.1, 0.15) is 11.4 Å². The Balaban J connectivity index is 1.79. The van der Waals surface area contributed by atoms with Crippen LogP contribution < -0.4 is 9.46 Å². The molecule has 7 nitrogen and oxygen atoms in total. The summed E-state index contributed by atoms with van der Waals surface area (Å²) in [5.41, 5.74) is -0.189. The first-order valence-corrected chi connectivity index (χ1v) is 14.8. The number of unbranched alkanes of at least 4 members (excludes halogenated alkanes) is 2. The summed E-state index contributed by atoms with van der Waals surface area (Å²) >= 11 is 0. The first kappa shape index (κ1) is 32.1. The van der Waals surface area contributed by atoms with Gasteiger partial charge in [-0.1, -0.05) is 50.5 Å². The maximum absolute atomic E-state index is 13.3. The molecule has 2 aromatic carbocycles. The lowest BCUT2D eigenvalue weighted by molar-refractivity contribution is -0.157. The summed E-state index contributed by atoms with van der Waals surface area (Å²) in [7, 11) is -4.09. The number of alkyl halides is 3. The fraction of sp³-hybridized carbons (Fsp3) is 0.400. The van der Waals surface area contributed by atoms with Crippen LogP contribution in [0.3, 0.4) is 0 Å². The molecule has 1 N–H and O–H groups in total. The van der Waals surface area contributed by atoms with Crippen molar-refractivity contribution in [2.24, 2.45) is 0 Å². The number of carbonyl (C=O) groups excluding carboxylic acids is 1. The number of nitrogens with one attached hydrogen (secondary N) is 1. The summed E-state index contributed by atoms with van der Waals surface area (Å²) in [6, 6.07) is 13.6. The van der Waals surface area contributed by atoms with E-state index >= 15 is 0 Å². The molecule has 1 aromatic heterocycles. The number of esters is 1. The van der Waals surface area contributed by atoms with Crippen molar-refractivity contribution in [1.82, 2.24) is 9.71 Å². The van der Waals surface area contributed by atoms with Crippen molar-refractivity contribution >= 4 is 16.0 Å². The van der Waals surface area contributed by atoms with E-state index in [4.69, 9.17) is 9.47 Å². The van der Waals surface area contributed by atoms with Gasteiger partial charge in [-0.3, -0.25) is 0 Å². The van der Waals surface area contributed by atoms with E-state index in [0.29, 0.717) is 23.3 Å². The van der Waals surface area contributed by atoms with Gasteiger partial charge in [0.2, 0.25) is 0 Å². The maximum Gasteiger partial charge on any atom is 0.416 e. The number of carbonyl (C=O) groups is 1. The zero-order valence-corrected chi connectivity index (χ0v) is 24.3. The Morgan fingerprint density at radius 3 is 2.34 bits per heavy atom. The zero-order valence-electron chi connectivity index (χ0n) is 23.5. The van der Waals surface area contributed by atoms with E-state index in [2.05, 4.69) is 9.71 Å². The number of aromatic nitrogens is 1. The van der Waals surface area contributed by atoms with E-state index < -0.39 is 39.4 Å². The predicted octanol–water partition coefficient (Wildman–Crippen LogP) is 7.09. The van der Waals surface area contributed by atoms with Gasteiger partial charge in [0.25, 0.3) is 10.0 Å². The first-order chi connectivity index (χ1) is 19.2. The second-order valence-corrected chi connectivity index (χ2v) is 12.2. The quantitative estimate of drug-likeness (QED) is 0.178. The highest BCUT2D eigenvalue weighted by Gasteiger charge is 2.30. The van der Waals surface area contributed by atoms with Crippen molar-refractivity contribution < 1.29 is 35.9 Å². The average Bonchev–Trinajstić information content (AvgIpc) is 2.90. The van der Waals surface area contributed by atoms with Gasteiger partial charge in [0.05, 0.1) is 5.56 Å². The molecule has 1 unspecified atom stereocenters. The highest BCUT2D eigenvalue weighted by molar-refractivity contribution is 7.89. The van der Waals surface area contributed by atoms with E-state index in [9.17, 15) is 26.4 Å². The normalized spacial score (nSPS) is 13.0. The van der Waals surface area contributed by atoms with Crippen molar-refractivity contribution in [3.63, 3.8) is 0 Å². The topological polar surface area (TPSA) is 94.6 Å². The zero-order chi connectivity index (χ0) is 30.3. The number of nitrogens with zero attached hydrogens (tertiary/aromatic N) is 1. The molecule has 0 spiro atoms. The van der Waals surface area contributed by atoms with Crippen molar-refractivity contribution in [3.05, 3.63) is 78.0 Å². The summed E-state index contributed by atoms with van der Waals surface area (Å²) in [5.74, 6) is -0.139. The Bertz CT molecular complexity index is 1420. The van der Waals surface area contributed by atoms with Crippen LogP contribution in [0.15, 0.2) is 71.9 Å². The highest BCUT2D eigenvalue weighted by atomic mass is 32.2. The summed E-state index contributed by atoms with van der Waals surface area (Å²) in [6.07, 6.45) is -0.156. The van der Waals surface area contributed by atoms with Gasteiger partial charge in [-0.05, 0) is 74.7 Å². The summed E-state index contributed by atoms with van der Waals surface area (Å²) in [6.45, 7) is 7.01. The Morgan fingerprint density at radius 1 is 0.976 bits per heavy atom. The van der Waals surface area contributed by atoms with Gasteiger partial charge < -0.3 is 9.47 Å². The van der Waals surface area contributed by atoms with Gasteiger partial charge in [0, 0.05) is 17.8 Å². The van der Waals surface area contributed by atoms with Gasteiger partial charge in [0.15, 0.2) is 11.6 Å². The molecule has 3 rings (SSSR count). The lowest BCUT2D eigenvalue weighted by Crippen LogP contribution is -2.29. The molecular weight excluding hydrogens is 557 g/mol. The number of halogens is 3. The molecule has 1 heterocycles. The standard InChI is InChI=1S/C30H35F3N2O5S/c1-5-6-7-14-26(22-11-9-13-25(18-22)39-20-28(36)40-29(2,3)4)35-41(37,38)27-16-15-23(19-34-27)21-10-8-12-24(17-21)30(31,32)33/h8-13,15-19,26,35H,5-7,14,20H2,1-4H3. The fourth-order valence-electron chi connectivity index (χ4n) is 4.06. The van der Waals surface area contributed by atoms with Crippen LogP contribution in [-0.2, 0) is 25.7 Å². The van der Waals surface area contributed by atoms with E-state index in [1.165, 1.54) is 30.5 Å².